The number of rotatable bonds is 5. The highest BCUT2D eigenvalue weighted by Gasteiger charge is 2.22. The first-order valence-electron chi connectivity index (χ1n) is 11.0. The van der Waals surface area contributed by atoms with Crippen LogP contribution in [-0.2, 0) is 4.79 Å². The van der Waals surface area contributed by atoms with E-state index >= 15 is 0 Å². The molecule has 1 amide bonds. The average Bonchev–Trinajstić information content (AvgIpc) is 2.80. The van der Waals surface area contributed by atoms with Gasteiger partial charge in [0, 0.05) is 31.7 Å². The molecule has 6 heteroatoms. The molecule has 1 saturated heterocycles. The molecule has 0 bridgehead atoms. The SMILES string of the molecule is Cc1ccc(-c2ccc(N3CCN(C(=O)COc4ccc(C)c(C)c4)CC3)nn2)c(C)c1. The van der Waals surface area contributed by atoms with Crippen molar-refractivity contribution in [3.63, 3.8) is 0 Å². The summed E-state index contributed by atoms with van der Waals surface area (Å²) in [5.74, 6) is 1.59. The number of aryl methyl sites for hydroxylation is 4. The number of ether oxygens (including phenoxy) is 1. The lowest BCUT2D eigenvalue weighted by molar-refractivity contribution is -0.133. The monoisotopic (exact) mass is 430 g/mol. The Hall–Kier alpha value is -3.41. The van der Waals surface area contributed by atoms with Crippen molar-refractivity contribution in [2.45, 2.75) is 27.7 Å². The van der Waals surface area contributed by atoms with E-state index in [1.54, 1.807) is 0 Å². The zero-order chi connectivity index (χ0) is 22.7. The van der Waals surface area contributed by atoms with Crippen molar-refractivity contribution in [3.8, 4) is 17.0 Å². The number of carbonyl (C=O) groups is 1. The van der Waals surface area contributed by atoms with Gasteiger partial charge in [-0.25, -0.2) is 0 Å². The quantitative estimate of drug-likeness (QED) is 0.610. The molecule has 0 radical (unpaired) electrons. The van der Waals surface area contributed by atoms with E-state index in [1.807, 2.05) is 42.2 Å². The third-order valence-electron chi connectivity index (χ3n) is 6.11. The Bertz CT molecular complexity index is 1100. The van der Waals surface area contributed by atoms with Crippen LogP contribution in [-0.4, -0.2) is 53.8 Å². The van der Waals surface area contributed by atoms with Crippen LogP contribution in [0, 0.1) is 27.7 Å². The number of hydrogen-bond acceptors (Lipinski definition) is 5. The number of carbonyl (C=O) groups excluding carboxylic acids is 1. The number of piperazine rings is 1. The molecule has 0 spiro atoms. The summed E-state index contributed by atoms with van der Waals surface area (Å²) in [5.41, 5.74) is 6.79. The summed E-state index contributed by atoms with van der Waals surface area (Å²) < 4.78 is 5.71. The van der Waals surface area contributed by atoms with Crippen molar-refractivity contribution in [2.75, 3.05) is 37.7 Å². The van der Waals surface area contributed by atoms with Gasteiger partial charge in [0.1, 0.15) is 5.75 Å². The van der Waals surface area contributed by atoms with Gasteiger partial charge in [-0.05, 0) is 68.7 Å². The minimum atomic E-state index is 0.0131. The second-order valence-corrected chi connectivity index (χ2v) is 8.50. The van der Waals surface area contributed by atoms with Crippen LogP contribution in [0.5, 0.6) is 5.75 Å². The highest BCUT2D eigenvalue weighted by molar-refractivity contribution is 5.78. The largest absolute Gasteiger partial charge is 0.484 e. The lowest BCUT2D eigenvalue weighted by Crippen LogP contribution is -2.50. The highest BCUT2D eigenvalue weighted by atomic mass is 16.5. The summed E-state index contributed by atoms with van der Waals surface area (Å²) in [7, 11) is 0. The second-order valence-electron chi connectivity index (χ2n) is 8.50. The van der Waals surface area contributed by atoms with E-state index < -0.39 is 0 Å². The standard InChI is InChI=1S/C26H30N4O2/c1-18-5-8-23(21(4)15-18)24-9-10-25(28-27-24)29-11-13-30(14-12-29)26(31)17-32-22-7-6-19(2)20(3)16-22/h5-10,15-16H,11-14,17H2,1-4H3. The van der Waals surface area contributed by atoms with Gasteiger partial charge in [0.05, 0.1) is 5.69 Å². The zero-order valence-electron chi connectivity index (χ0n) is 19.3. The van der Waals surface area contributed by atoms with Gasteiger partial charge in [0.25, 0.3) is 5.91 Å². The summed E-state index contributed by atoms with van der Waals surface area (Å²) >= 11 is 0. The molecule has 2 heterocycles. The fourth-order valence-corrected chi connectivity index (χ4v) is 3.96. The molecule has 4 rings (SSSR count). The summed E-state index contributed by atoms with van der Waals surface area (Å²) in [6.45, 7) is 11.1. The third kappa shape index (κ3) is 4.90. The number of anilines is 1. The Balaban J connectivity index is 1.31. The molecule has 3 aromatic rings. The van der Waals surface area contributed by atoms with Crippen molar-refractivity contribution in [3.05, 3.63) is 70.8 Å². The topological polar surface area (TPSA) is 58.6 Å². The van der Waals surface area contributed by atoms with Crippen molar-refractivity contribution in [2.24, 2.45) is 0 Å². The molecular weight excluding hydrogens is 400 g/mol. The summed E-state index contributed by atoms with van der Waals surface area (Å²) in [5, 5.41) is 8.90. The predicted molar refractivity (Wildman–Crippen MR) is 127 cm³/mol. The van der Waals surface area contributed by atoms with Crippen LogP contribution in [0.1, 0.15) is 22.3 Å². The second kappa shape index (κ2) is 9.39. The molecule has 166 valence electrons. The van der Waals surface area contributed by atoms with E-state index in [4.69, 9.17) is 4.74 Å². The molecule has 0 N–H and O–H groups in total. The Morgan fingerprint density at radius 3 is 2.28 bits per heavy atom. The molecular formula is C26H30N4O2. The van der Waals surface area contributed by atoms with Crippen LogP contribution in [0.2, 0.25) is 0 Å². The molecule has 2 aromatic carbocycles. The number of benzene rings is 2. The van der Waals surface area contributed by atoms with E-state index in [1.165, 1.54) is 16.7 Å². The van der Waals surface area contributed by atoms with Gasteiger partial charge in [0.2, 0.25) is 0 Å². The van der Waals surface area contributed by atoms with Crippen LogP contribution in [0.3, 0.4) is 0 Å². The van der Waals surface area contributed by atoms with Crippen LogP contribution >= 0.6 is 0 Å². The maximum Gasteiger partial charge on any atom is 0.260 e. The maximum absolute atomic E-state index is 12.6. The van der Waals surface area contributed by atoms with Gasteiger partial charge >= 0.3 is 0 Å². The molecule has 32 heavy (non-hydrogen) atoms. The van der Waals surface area contributed by atoms with Gasteiger partial charge in [-0.15, -0.1) is 10.2 Å². The van der Waals surface area contributed by atoms with Gasteiger partial charge in [0.15, 0.2) is 12.4 Å². The van der Waals surface area contributed by atoms with Gasteiger partial charge in [-0.1, -0.05) is 29.8 Å². The first kappa shape index (κ1) is 21.8. The van der Waals surface area contributed by atoms with E-state index in [0.717, 1.165) is 41.5 Å². The molecule has 0 saturated carbocycles. The molecule has 1 aliphatic rings. The first-order valence-corrected chi connectivity index (χ1v) is 11.0. The number of aromatic nitrogens is 2. The maximum atomic E-state index is 12.6. The Kier molecular flexibility index (Phi) is 6.40. The van der Waals surface area contributed by atoms with Crippen LogP contribution in [0.25, 0.3) is 11.3 Å². The van der Waals surface area contributed by atoms with E-state index in [9.17, 15) is 4.79 Å². The Labute approximate surface area is 189 Å². The van der Waals surface area contributed by atoms with Gasteiger partial charge in [-0.3, -0.25) is 4.79 Å². The minimum Gasteiger partial charge on any atom is -0.484 e. The van der Waals surface area contributed by atoms with E-state index in [0.29, 0.717) is 13.1 Å². The molecule has 0 unspecified atom stereocenters. The number of nitrogens with zero attached hydrogens (tertiary/aromatic N) is 4. The minimum absolute atomic E-state index is 0.0131. The fraction of sp³-hybridized carbons (Fsp3) is 0.346. The van der Waals surface area contributed by atoms with E-state index in [2.05, 4.69) is 54.1 Å². The summed E-state index contributed by atoms with van der Waals surface area (Å²) in [4.78, 5) is 16.6. The molecule has 0 aliphatic carbocycles. The number of hydrogen-bond donors (Lipinski definition) is 0. The Morgan fingerprint density at radius 1 is 0.844 bits per heavy atom. The number of amides is 1. The van der Waals surface area contributed by atoms with Crippen molar-refractivity contribution in [1.82, 2.24) is 15.1 Å². The highest BCUT2D eigenvalue weighted by Crippen LogP contribution is 2.23. The smallest absolute Gasteiger partial charge is 0.260 e. The zero-order valence-corrected chi connectivity index (χ0v) is 19.3. The summed E-state index contributed by atoms with van der Waals surface area (Å²) in [6, 6.07) is 16.3. The van der Waals surface area contributed by atoms with Crippen molar-refractivity contribution < 1.29 is 9.53 Å². The van der Waals surface area contributed by atoms with Crippen LogP contribution in [0.4, 0.5) is 5.82 Å². The first-order chi connectivity index (χ1) is 15.4. The predicted octanol–water partition coefficient (Wildman–Crippen LogP) is 4.10. The van der Waals surface area contributed by atoms with Crippen LogP contribution < -0.4 is 9.64 Å². The molecule has 1 fully saturated rings. The lowest BCUT2D eigenvalue weighted by atomic mass is 10.0. The summed E-state index contributed by atoms with van der Waals surface area (Å²) in [6.07, 6.45) is 0. The van der Waals surface area contributed by atoms with Crippen LogP contribution in [0.15, 0.2) is 48.5 Å². The third-order valence-corrected chi connectivity index (χ3v) is 6.11. The molecule has 0 atom stereocenters. The van der Waals surface area contributed by atoms with Crippen molar-refractivity contribution in [1.29, 1.82) is 0 Å². The normalized spacial score (nSPS) is 13.9. The molecule has 6 nitrogen and oxygen atoms in total. The van der Waals surface area contributed by atoms with Gasteiger partial charge < -0.3 is 14.5 Å². The van der Waals surface area contributed by atoms with E-state index in [-0.39, 0.29) is 12.5 Å². The Morgan fingerprint density at radius 2 is 1.62 bits per heavy atom. The molecule has 1 aliphatic heterocycles. The molecule has 1 aromatic heterocycles. The average molecular weight is 431 g/mol. The fourth-order valence-electron chi connectivity index (χ4n) is 3.96. The van der Waals surface area contributed by atoms with Crippen molar-refractivity contribution >= 4 is 11.7 Å². The van der Waals surface area contributed by atoms with Gasteiger partial charge in [-0.2, -0.15) is 0 Å². The lowest BCUT2D eigenvalue weighted by Gasteiger charge is -2.35.